The molecule has 1 aromatic heterocycles. The number of rotatable bonds is 6. The standard InChI is InChI=1S/C27H29F6N3O5S/c28-17-9-14(10-18(29)22(17)30)19-11-36(35-34-19)23-20(38)13-42(21(12-37)24(23)39)25(26(40)5-7-41-8-6-26)15-3-1-2-4-16(15)27(31,32)33/h1-4,9-11,20-21,23-25,37-40,42H,5-8,12-13H2/t20-,21+,23-,24-,25-/m0/s1. The highest BCUT2D eigenvalue weighted by molar-refractivity contribution is 8.18. The third-order valence-electron chi connectivity index (χ3n) is 8.00. The second-order valence-electron chi connectivity index (χ2n) is 10.5. The van der Waals surface area contributed by atoms with E-state index in [1.54, 1.807) is 0 Å². The van der Waals surface area contributed by atoms with Crippen LogP contribution in [0.3, 0.4) is 0 Å². The van der Waals surface area contributed by atoms with E-state index >= 15 is 0 Å². The second-order valence-corrected chi connectivity index (χ2v) is 13.1. The SMILES string of the molecule is OC[C@@H]1[C@H](O)[C@@H](n2cc(-c3cc(F)c(F)c(F)c3)nn2)[C@@H](O)C[SH]1[C@@H](c1ccccc1C(F)(F)F)C1(O)CCOCC1. The molecule has 2 saturated heterocycles. The van der Waals surface area contributed by atoms with Crippen LogP contribution in [0.5, 0.6) is 0 Å². The molecule has 0 amide bonds. The topological polar surface area (TPSA) is 121 Å². The molecule has 2 aliphatic heterocycles. The molecule has 3 aromatic rings. The maximum Gasteiger partial charge on any atom is 0.416 e. The van der Waals surface area contributed by atoms with Crippen molar-refractivity contribution in [2.24, 2.45) is 0 Å². The van der Waals surface area contributed by atoms with Gasteiger partial charge in [-0.1, -0.05) is 23.4 Å². The molecule has 0 radical (unpaired) electrons. The first-order chi connectivity index (χ1) is 19.9. The van der Waals surface area contributed by atoms with E-state index in [0.717, 1.165) is 10.7 Å². The second kappa shape index (κ2) is 11.8. The third-order valence-corrected chi connectivity index (χ3v) is 11.5. The Hall–Kier alpha value is -2.69. The molecule has 6 atom stereocenters. The summed E-state index contributed by atoms with van der Waals surface area (Å²) < 4.78 is 89.9. The fraction of sp³-hybridized carbons (Fsp3) is 0.481. The number of nitrogens with zero attached hydrogens (tertiary/aromatic N) is 3. The minimum Gasteiger partial charge on any atom is -0.395 e. The molecule has 2 aliphatic rings. The Kier molecular flexibility index (Phi) is 8.62. The lowest BCUT2D eigenvalue weighted by molar-refractivity contribution is -0.139. The Morgan fingerprint density at radius 3 is 2.33 bits per heavy atom. The predicted octanol–water partition coefficient (Wildman–Crippen LogP) is 3.30. The Morgan fingerprint density at radius 2 is 1.71 bits per heavy atom. The molecule has 0 spiro atoms. The molecule has 0 saturated carbocycles. The molecule has 3 heterocycles. The largest absolute Gasteiger partial charge is 0.416 e. The minimum absolute atomic E-state index is 0.00762. The first-order valence-corrected chi connectivity index (χ1v) is 14.8. The van der Waals surface area contributed by atoms with Crippen molar-refractivity contribution in [3.63, 3.8) is 0 Å². The van der Waals surface area contributed by atoms with Gasteiger partial charge in [0.05, 0.1) is 36.2 Å². The summed E-state index contributed by atoms with van der Waals surface area (Å²) in [6, 6.07) is 4.98. The quantitative estimate of drug-likeness (QED) is 0.163. The molecule has 8 nitrogen and oxygen atoms in total. The molecule has 0 aliphatic carbocycles. The Bertz CT molecular complexity index is 1400. The number of aliphatic hydroxyl groups is 4. The number of hydrogen-bond acceptors (Lipinski definition) is 7. The summed E-state index contributed by atoms with van der Waals surface area (Å²) >= 11 is 0. The van der Waals surface area contributed by atoms with Crippen LogP contribution in [-0.2, 0) is 10.9 Å². The zero-order valence-electron chi connectivity index (χ0n) is 21.9. The van der Waals surface area contributed by atoms with Crippen molar-refractivity contribution in [1.29, 1.82) is 0 Å². The van der Waals surface area contributed by atoms with E-state index in [2.05, 4.69) is 10.3 Å². The molecule has 2 fully saturated rings. The summed E-state index contributed by atoms with van der Waals surface area (Å²) in [5.41, 5.74) is -3.10. The van der Waals surface area contributed by atoms with Gasteiger partial charge in [0.15, 0.2) is 17.5 Å². The van der Waals surface area contributed by atoms with Crippen molar-refractivity contribution < 1.29 is 51.5 Å². The lowest BCUT2D eigenvalue weighted by Crippen LogP contribution is -2.53. The number of aromatic nitrogens is 3. The summed E-state index contributed by atoms with van der Waals surface area (Å²) in [4.78, 5) is 0. The fourth-order valence-electron chi connectivity index (χ4n) is 5.98. The van der Waals surface area contributed by atoms with Gasteiger partial charge in [-0.2, -0.15) is 13.2 Å². The van der Waals surface area contributed by atoms with Gasteiger partial charge in [0, 0.05) is 47.9 Å². The van der Waals surface area contributed by atoms with E-state index in [-0.39, 0.29) is 48.6 Å². The number of alkyl halides is 3. The van der Waals surface area contributed by atoms with E-state index in [1.165, 1.54) is 24.4 Å². The van der Waals surface area contributed by atoms with Crippen molar-refractivity contribution >= 4 is 10.9 Å². The lowest BCUT2D eigenvalue weighted by atomic mass is 9.85. The lowest BCUT2D eigenvalue weighted by Gasteiger charge is -2.53. The average Bonchev–Trinajstić information content (AvgIpc) is 3.41. The molecular weight excluding hydrogens is 592 g/mol. The van der Waals surface area contributed by atoms with Crippen molar-refractivity contribution in [1.82, 2.24) is 15.0 Å². The van der Waals surface area contributed by atoms with Gasteiger partial charge in [0.1, 0.15) is 11.7 Å². The smallest absolute Gasteiger partial charge is 0.395 e. The highest BCUT2D eigenvalue weighted by Gasteiger charge is 2.53. The predicted molar refractivity (Wildman–Crippen MR) is 140 cm³/mol. The van der Waals surface area contributed by atoms with Crippen LogP contribution in [-0.4, -0.2) is 84.1 Å². The van der Waals surface area contributed by atoms with E-state index in [9.17, 15) is 46.8 Å². The summed E-state index contributed by atoms with van der Waals surface area (Å²) in [6.45, 7) is -0.494. The summed E-state index contributed by atoms with van der Waals surface area (Å²) in [5.74, 6) is -4.77. The molecule has 1 unspecified atom stereocenters. The van der Waals surface area contributed by atoms with Crippen LogP contribution in [0.1, 0.15) is 35.3 Å². The van der Waals surface area contributed by atoms with Gasteiger partial charge in [0.25, 0.3) is 0 Å². The monoisotopic (exact) mass is 621 g/mol. The summed E-state index contributed by atoms with van der Waals surface area (Å²) in [6.07, 6.45) is -6.55. The molecule has 2 aromatic carbocycles. The van der Waals surface area contributed by atoms with Crippen molar-refractivity contribution in [2.75, 3.05) is 25.6 Å². The highest BCUT2D eigenvalue weighted by Crippen LogP contribution is 2.60. The van der Waals surface area contributed by atoms with Crippen LogP contribution in [0.4, 0.5) is 26.3 Å². The number of aliphatic hydroxyl groups excluding tert-OH is 3. The zero-order chi connectivity index (χ0) is 30.4. The number of hydrogen-bond donors (Lipinski definition) is 5. The Labute approximate surface area is 238 Å². The van der Waals surface area contributed by atoms with Crippen LogP contribution < -0.4 is 0 Å². The van der Waals surface area contributed by atoms with Crippen LogP contribution in [0.2, 0.25) is 0 Å². The van der Waals surface area contributed by atoms with Crippen molar-refractivity contribution in [3.05, 3.63) is 71.2 Å². The maximum atomic E-state index is 14.2. The van der Waals surface area contributed by atoms with Crippen LogP contribution >= 0.6 is 10.9 Å². The molecule has 15 heteroatoms. The van der Waals surface area contributed by atoms with Crippen molar-refractivity contribution in [3.8, 4) is 11.3 Å². The zero-order valence-corrected chi connectivity index (χ0v) is 22.8. The average molecular weight is 622 g/mol. The normalized spacial score (nSPS) is 28.0. The van der Waals surface area contributed by atoms with Crippen molar-refractivity contribution in [2.45, 2.75) is 53.4 Å². The maximum absolute atomic E-state index is 14.2. The first kappa shape index (κ1) is 30.8. The number of ether oxygens (including phenoxy) is 1. The molecule has 230 valence electrons. The van der Waals surface area contributed by atoms with Crippen LogP contribution in [0.15, 0.2) is 42.6 Å². The van der Waals surface area contributed by atoms with Gasteiger partial charge >= 0.3 is 6.18 Å². The molecule has 42 heavy (non-hydrogen) atoms. The highest BCUT2D eigenvalue weighted by atomic mass is 32.2. The molecular formula is C27H29F6N3O5S. The van der Waals surface area contributed by atoms with E-state index in [0.29, 0.717) is 12.1 Å². The summed E-state index contributed by atoms with van der Waals surface area (Å²) in [7, 11) is -1.91. The minimum atomic E-state index is -4.76. The van der Waals surface area contributed by atoms with Gasteiger partial charge in [-0.3, -0.25) is 0 Å². The third kappa shape index (κ3) is 5.65. The van der Waals surface area contributed by atoms with E-state index in [4.69, 9.17) is 4.74 Å². The van der Waals surface area contributed by atoms with E-state index in [1.807, 2.05) is 0 Å². The van der Waals surface area contributed by atoms with Gasteiger partial charge in [-0.15, -0.1) is 5.10 Å². The van der Waals surface area contributed by atoms with Gasteiger partial charge in [-0.05, 0) is 23.8 Å². The van der Waals surface area contributed by atoms with Gasteiger partial charge in [0.2, 0.25) is 0 Å². The Balaban J connectivity index is 1.53. The molecule has 0 bridgehead atoms. The number of halogens is 6. The summed E-state index contributed by atoms with van der Waals surface area (Å²) in [5, 5.41) is 50.4. The van der Waals surface area contributed by atoms with Gasteiger partial charge in [-0.25, -0.2) is 28.7 Å². The van der Waals surface area contributed by atoms with Crippen LogP contribution in [0, 0.1) is 17.5 Å². The molecule has 4 N–H and O–H groups in total. The first-order valence-electron chi connectivity index (χ1n) is 13.1. The van der Waals surface area contributed by atoms with Crippen LogP contribution in [0.25, 0.3) is 11.3 Å². The van der Waals surface area contributed by atoms with Gasteiger partial charge < -0.3 is 25.2 Å². The molecule has 5 rings (SSSR count). The number of thiol groups is 1. The number of benzene rings is 2. The fourth-order valence-corrected chi connectivity index (χ4v) is 9.73. The Morgan fingerprint density at radius 1 is 1.07 bits per heavy atom. The van der Waals surface area contributed by atoms with E-state index < -0.39 is 81.0 Å².